The monoisotopic (exact) mass is 299 g/mol. The summed E-state index contributed by atoms with van der Waals surface area (Å²) in [6.45, 7) is 10.8. The van der Waals surface area contributed by atoms with Crippen LogP contribution in [0, 0.1) is 6.92 Å². The molecular weight excluding hydrogens is 260 g/mol. The van der Waals surface area contributed by atoms with Crippen LogP contribution in [0.25, 0.3) is 0 Å². The van der Waals surface area contributed by atoms with E-state index in [2.05, 4.69) is 20.8 Å². The summed E-state index contributed by atoms with van der Waals surface area (Å²) in [7, 11) is 0. The summed E-state index contributed by atoms with van der Waals surface area (Å²) < 4.78 is 11.3. The van der Waals surface area contributed by atoms with Gasteiger partial charge in [0, 0.05) is 13.2 Å². The zero-order valence-electron chi connectivity index (χ0n) is 14.7. The third kappa shape index (κ3) is 17.9. The van der Waals surface area contributed by atoms with Crippen molar-refractivity contribution in [1.82, 2.24) is 0 Å². The number of ether oxygens (including phenoxy) is 2. The Labute approximate surface area is 134 Å². The second kappa shape index (κ2) is 18.0. The van der Waals surface area contributed by atoms with Crippen molar-refractivity contribution in [2.75, 3.05) is 19.8 Å². The van der Waals surface area contributed by atoms with Gasteiger partial charge in [0.1, 0.15) is 0 Å². The van der Waals surface area contributed by atoms with Crippen molar-refractivity contribution in [3.8, 4) is 0 Å². The van der Waals surface area contributed by atoms with Crippen LogP contribution in [0.15, 0.2) is 0 Å². The Balaban J connectivity index is 3.11. The van der Waals surface area contributed by atoms with Gasteiger partial charge in [-0.05, 0) is 19.8 Å². The smallest absolute Gasteiger partial charge is 0.0809 e. The molecule has 1 atom stereocenters. The Morgan fingerprint density at radius 1 is 0.667 bits per heavy atom. The van der Waals surface area contributed by atoms with Crippen molar-refractivity contribution in [1.29, 1.82) is 0 Å². The van der Waals surface area contributed by atoms with Crippen molar-refractivity contribution < 1.29 is 9.47 Å². The van der Waals surface area contributed by atoms with Gasteiger partial charge in [-0.2, -0.15) is 0 Å². The van der Waals surface area contributed by atoms with Crippen molar-refractivity contribution in [3.63, 3.8) is 0 Å². The van der Waals surface area contributed by atoms with Crippen LogP contribution in [0.4, 0.5) is 0 Å². The van der Waals surface area contributed by atoms with Crippen LogP contribution >= 0.6 is 0 Å². The topological polar surface area (TPSA) is 18.5 Å². The van der Waals surface area contributed by atoms with Gasteiger partial charge in [-0.15, -0.1) is 0 Å². The molecule has 0 bridgehead atoms. The summed E-state index contributed by atoms with van der Waals surface area (Å²) in [5.41, 5.74) is 0. The van der Waals surface area contributed by atoms with E-state index in [9.17, 15) is 0 Å². The molecule has 0 aliphatic heterocycles. The number of unbranched alkanes of at least 4 members (excludes halogenated alkanes) is 10. The first-order valence-corrected chi connectivity index (χ1v) is 9.33. The summed E-state index contributed by atoms with van der Waals surface area (Å²) in [5.74, 6) is 0. The van der Waals surface area contributed by atoms with E-state index in [0.717, 1.165) is 19.6 Å². The molecule has 0 heterocycles. The second-order valence-corrected chi connectivity index (χ2v) is 6.10. The highest BCUT2D eigenvalue weighted by molar-refractivity contribution is 4.58. The first-order valence-electron chi connectivity index (χ1n) is 9.33. The predicted molar refractivity (Wildman–Crippen MR) is 92.7 cm³/mol. The van der Waals surface area contributed by atoms with Gasteiger partial charge in [-0.1, -0.05) is 78.1 Å². The Kier molecular flexibility index (Phi) is 17.9. The van der Waals surface area contributed by atoms with Crippen molar-refractivity contribution >= 4 is 0 Å². The fourth-order valence-electron chi connectivity index (χ4n) is 2.38. The van der Waals surface area contributed by atoms with Crippen LogP contribution in [0.1, 0.15) is 90.9 Å². The summed E-state index contributed by atoms with van der Waals surface area (Å²) in [4.78, 5) is 0. The van der Waals surface area contributed by atoms with E-state index in [4.69, 9.17) is 9.47 Å². The van der Waals surface area contributed by atoms with Crippen LogP contribution in [0.2, 0.25) is 0 Å². The molecule has 0 saturated carbocycles. The molecule has 0 aromatic carbocycles. The molecule has 0 aromatic rings. The first kappa shape index (κ1) is 20.9. The lowest BCUT2D eigenvalue weighted by molar-refractivity contribution is 0.00440. The van der Waals surface area contributed by atoms with E-state index in [-0.39, 0.29) is 6.10 Å². The molecule has 2 nitrogen and oxygen atoms in total. The number of hydrogen-bond donors (Lipinski definition) is 0. The molecule has 1 radical (unpaired) electrons. The molecular formula is C19H39O2. The number of rotatable bonds is 17. The van der Waals surface area contributed by atoms with Gasteiger partial charge in [-0.25, -0.2) is 0 Å². The second-order valence-electron chi connectivity index (χ2n) is 6.10. The van der Waals surface area contributed by atoms with E-state index < -0.39 is 0 Å². The van der Waals surface area contributed by atoms with Gasteiger partial charge in [0.05, 0.1) is 12.7 Å². The molecule has 0 aliphatic rings. The van der Waals surface area contributed by atoms with E-state index in [1.165, 1.54) is 70.6 Å². The van der Waals surface area contributed by atoms with Gasteiger partial charge < -0.3 is 9.47 Å². The maximum Gasteiger partial charge on any atom is 0.0809 e. The lowest BCUT2D eigenvalue weighted by Gasteiger charge is -2.13. The molecule has 0 saturated heterocycles. The molecule has 0 fully saturated rings. The van der Waals surface area contributed by atoms with Gasteiger partial charge in [0.2, 0.25) is 0 Å². The van der Waals surface area contributed by atoms with Crippen molar-refractivity contribution in [2.45, 2.75) is 97.0 Å². The molecule has 0 aromatic heterocycles. The summed E-state index contributed by atoms with van der Waals surface area (Å²) in [6.07, 6.45) is 15.7. The van der Waals surface area contributed by atoms with E-state index in [0.29, 0.717) is 6.61 Å². The molecule has 2 heteroatoms. The molecule has 21 heavy (non-hydrogen) atoms. The first-order chi connectivity index (χ1) is 10.3. The molecule has 0 spiro atoms. The molecule has 127 valence electrons. The third-order valence-corrected chi connectivity index (χ3v) is 3.80. The highest BCUT2D eigenvalue weighted by Crippen LogP contribution is 2.07. The van der Waals surface area contributed by atoms with Crippen LogP contribution in [-0.4, -0.2) is 25.9 Å². The summed E-state index contributed by atoms with van der Waals surface area (Å²) in [5, 5.41) is 0. The quantitative estimate of drug-likeness (QED) is 0.309. The Morgan fingerprint density at radius 2 is 1.14 bits per heavy atom. The summed E-state index contributed by atoms with van der Waals surface area (Å²) >= 11 is 0. The molecule has 0 aliphatic carbocycles. The van der Waals surface area contributed by atoms with Gasteiger partial charge in [-0.3, -0.25) is 0 Å². The largest absolute Gasteiger partial charge is 0.379 e. The minimum Gasteiger partial charge on any atom is -0.379 e. The van der Waals surface area contributed by atoms with Crippen LogP contribution in [0.3, 0.4) is 0 Å². The standard InChI is InChI=1S/C19H39O2/c1-4-6-8-10-12-14-16-20-18-19(3)21-17-15-13-11-9-7-5-2/h19H,3-18H2,1-2H3. The maximum absolute atomic E-state index is 5.67. The SMILES string of the molecule is [CH2]C(COCCCCCCCC)OCCCCCCCC. The van der Waals surface area contributed by atoms with Gasteiger partial charge in [0.15, 0.2) is 0 Å². The fraction of sp³-hybridized carbons (Fsp3) is 0.947. The Hall–Kier alpha value is -0.0800. The third-order valence-electron chi connectivity index (χ3n) is 3.80. The average molecular weight is 300 g/mol. The zero-order chi connectivity index (χ0) is 15.6. The van der Waals surface area contributed by atoms with Crippen LogP contribution in [0.5, 0.6) is 0 Å². The van der Waals surface area contributed by atoms with Crippen LogP contribution in [-0.2, 0) is 9.47 Å². The molecule has 1 unspecified atom stereocenters. The Morgan fingerprint density at radius 3 is 1.71 bits per heavy atom. The predicted octanol–water partition coefficient (Wildman–Crippen LogP) is 5.94. The Bertz CT molecular complexity index is 182. The normalized spacial score (nSPS) is 12.7. The average Bonchev–Trinajstić information content (AvgIpc) is 2.49. The van der Waals surface area contributed by atoms with Crippen LogP contribution < -0.4 is 0 Å². The maximum atomic E-state index is 5.67. The van der Waals surface area contributed by atoms with Crippen molar-refractivity contribution in [3.05, 3.63) is 6.92 Å². The molecule has 0 rings (SSSR count). The lowest BCUT2D eigenvalue weighted by atomic mass is 10.1. The minimum atomic E-state index is 0.000679. The molecule has 0 amide bonds. The van der Waals surface area contributed by atoms with E-state index in [1.807, 2.05) is 0 Å². The highest BCUT2D eigenvalue weighted by Gasteiger charge is 2.02. The van der Waals surface area contributed by atoms with Gasteiger partial charge in [0.25, 0.3) is 0 Å². The molecule has 0 N–H and O–H groups in total. The zero-order valence-corrected chi connectivity index (χ0v) is 14.7. The summed E-state index contributed by atoms with van der Waals surface area (Å²) in [6, 6.07) is 0. The number of hydrogen-bond acceptors (Lipinski definition) is 2. The van der Waals surface area contributed by atoms with E-state index >= 15 is 0 Å². The highest BCUT2D eigenvalue weighted by atomic mass is 16.5. The van der Waals surface area contributed by atoms with Crippen molar-refractivity contribution in [2.24, 2.45) is 0 Å². The van der Waals surface area contributed by atoms with E-state index in [1.54, 1.807) is 0 Å². The minimum absolute atomic E-state index is 0.000679. The lowest BCUT2D eigenvalue weighted by Crippen LogP contribution is -2.17. The van der Waals surface area contributed by atoms with Gasteiger partial charge >= 0.3 is 0 Å². The fourth-order valence-corrected chi connectivity index (χ4v) is 2.38.